The highest BCUT2D eigenvalue weighted by Crippen LogP contribution is 2.60. The third-order valence-electron chi connectivity index (χ3n) is 7.88. The van der Waals surface area contributed by atoms with Gasteiger partial charge in [-0.15, -0.1) is 0 Å². The van der Waals surface area contributed by atoms with Gasteiger partial charge in [-0.05, 0) is 86.5 Å². The van der Waals surface area contributed by atoms with E-state index in [0.29, 0.717) is 17.6 Å². The van der Waals surface area contributed by atoms with Gasteiger partial charge in [0, 0.05) is 29.9 Å². The number of hydrogen-bond donors (Lipinski definition) is 1. The lowest BCUT2D eigenvalue weighted by molar-refractivity contribution is 0.0955. The highest BCUT2D eigenvalue weighted by Gasteiger charge is 2.53. The van der Waals surface area contributed by atoms with Crippen molar-refractivity contribution < 1.29 is 5.11 Å². The summed E-state index contributed by atoms with van der Waals surface area (Å²) in [7, 11) is 1.93. The Labute approximate surface area is 172 Å². The molecule has 0 spiro atoms. The number of aromatic nitrogens is 2. The fraction of sp³-hybridized carbons (Fsp3) is 0.542. The minimum atomic E-state index is 0.177. The van der Waals surface area contributed by atoms with Crippen LogP contribution in [-0.4, -0.2) is 26.8 Å². The minimum absolute atomic E-state index is 0.177. The van der Waals surface area contributed by atoms with Crippen molar-refractivity contribution in [3.63, 3.8) is 0 Å². The van der Waals surface area contributed by atoms with Crippen molar-refractivity contribution in [3.05, 3.63) is 46.8 Å². The second kappa shape index (κ2) is 6.82. The average Bonchev–Trinajstić information content (AvgIpc) is 3.19. The maximum atomic E-state index is 9.86. The lowest BCUT2D eigenvalue weighted by Crippen LogP contribution is -2.42. The molecule has 5 heteroatoms. The minimum Gasteiger partial charge on any atom is -0.508 e. The summed E-state index contributed by atoms with van der Waals surface area (Å²) in [5.41, 5.74) is 6.33. The van der Waals surface area contributed by atoms with Gasteiger partial charge in [0.2, 0.25) is 0 Å². The second-order valence-electron chi connectivity index (χ2n) is 9.43. The summed E-state index contributed by atoms with van der Waals surface area (Å²) in [6.45, 7) is 4.43. The van der Waals surface area contributed by atoms with Gasteiger partial charge < -0.3 is 5.11 Å². The first-order valence-corrected chi connectivity index (χ1v) is 10.9. The van der Waals surface area contributed by atoms with Crippen molar-refractivity contribution in [3.8, 4) is 5.75 Å². The van der Waals surface area contributed by atoms with Crippen molar-refractivity contribution in [2.45, 2.75) is 58.3 Å². The number of rotatable bonds is 2. The molecular formula is C24H30N4O. The van der Waals surface area contributed by atoms with Crippen LogP contribution in [0.3, 0.4) is 0 Å². The predicted octanol–water partition coefficient (Wildman–Crippen LogP) is 4.77. The molecule has 4 atom stereocenters. The molecule has 0 amide bonds. The smallest absolute Gasteiger partial charge is 0.115 e. The molecule has 0 bridgehead atoms. The summed E-state index contributed by atoms with van der Waals surface area (Å²) < 4.78 is 1.82. The van der Waals surface area contributed by atoms with Crippen LogP contribution < -0.4 is 0 Å². The van der Waals surface area contributed by atoms with Crippen LogP contribution >= 0.6 is 0 Å². The van der Waals surface area contributed by atoms with E-state index in [2.05, 4.69) is 23.2 Å². The van der Waals surface area contributed by atoms with Gasteiger partial charge in [0.25, 0.3) is 0 Å². The van der Waals surface area contributed by atoms with E-state index in [-0.39, 0.29) is 5.41 Å². The van der Waals surface area contributed by atoms with Crippen molar-refractivity contribution in [1.82, 2.24) is 9.78 Å². The van der Waals surface area contributed by atoms with Crippen LogP contribution in [0.25, 0.3) is 0 Å². The Balaban J connectivity index is 1.39. The van der Waals surface area contributed by atoms with Gasteiger partial charge in [-0.25, -0.2) is 0 Å². The Morgan fingerprint density at radius 3 is 2.90 bits per heavy atom. The molecule has 2 saturated carbocycles. The van der Waals surface area contributed by atoms with E-state index >= 15 is 0 Å². The molecule has 1 N–H and O–H groups in total. The molecule has 2 fully saturated rings. The number of aromatic hydroxyl groups is 1. The SMILES string of the molecule is Cc1nn(C)cc1C=NN=C1CC[C@@H]2[C@@H]3CCc4cc(O)ccc4[C@@H]3CC[C@@]12C. The molecule has 152 valence electrons. The van der Waals surface area contributed by atoms with Crippen molar-refractivity contribution >= 4 is 11.9 Å². The van der Waals surface area contributed by atoms with E-state index in [1.54, 1.807) is 0 Å². The number of aryl methyl sites for hydroxylation is 3. The number of fused-ring (bicyclic) bond motifs is 5. The monoisotopic (exact) mass is 390 g/mol. The molecule has 1 heterocycles. The summed E-state index contributed by atoms with van der Waals surface area (Å²) in [5, 5.41) is 23.4. The largest absolute Gasteiger partial charge is 0.508 e. The van der Waals surface area contributed by atoms with Crippen molar-refractivity contribution in [2.75, 3.05) is 0 Å². The highest BCUT2D eigenvalue weighted by molar-refractivity contribution is 5.93. The maximum absolute atomic E-state index is 9.86. The summed E-state index contributed by atoms with van der Waals surface area (Å²) >= 11 is 0. The summed E-state index contributed by atoms with van der Waals surface area (Å²) in [4.78, 5) is 0. The number of nitrogens with zero attached hydrogens (tertiary/aromatic N) is 4. The highest BCUT2D eigenvalue weighted by atomic mass is 16.3. The van der Waals surface area contributed by atoms with E-state index in [1.807, 2.05) is 43.2 Å². The Bertz CT molecular complexity index is 1000. The fourth-order valence-electron chi connectivity index (χ4n) is 6.43. The number of phenolic OH excluding ortho intramolecular Hbond substituents is 1. The normalized spacial score (nSPS) is 32.4. The van der Waals surface area contributed by atoms with Crippen LogP contribution in [0.4, 0.5) is 0 Å². The van der Waals surface area contributed by atoms with Gasteiger partial charge in [-0.1, -0.05) is 13.0 Å². The predicted molar refractivity (Wildman–Crippen MR) is 116 cm³/mol. The molecule has 0 aliphatic heterocycles. The second-order valence-corrected chi connectivity index (χ2v) is 9.43. The summed E-state index contributed by atoms with van der Waals surface area (Å²) in [6.07, 6.45) is 10.8. The molecular weight excluding hydrogens is 360 g/mol. The lowest BCUT2D eigenvalue weighted by atomic mass is 9.55. The fourth-order valence-corrected chi connectivity index (χ4v) is 6.43. The Morgan fingerprint density at radius 1 is 1.24 bits per heavy atom. The maximum Gasteiger partial charge on any atom is 0.115 e. The zero-order chi connectivity index (χ0) is 20.2. The third kappa shape index (κ3) is 3.02. The van der Waals surface area contributed by atoms with Gasteiger partial charge in [-0.2, -0.15) is 15.3 Å². The quantitative estimate of drug-likeness (QED) is 0.593. The van der Waals surface area contributed by atoms with Crippen molar-refractivity contribution in [1.29, 1.82) is 0 Å². The van der Waals surface area contributed by atoms with Gasteiger partial charge in [0.1, 0.15) is 5.75 Å². The van der Waals surface area contributed by atoms with Crippen molar-refractivity contribution in [2.24, 2.45) is 34.5 Å². The zero-order valence-corrected chi connectivity index (χ0v) is 17.6. The zero-order valence-electron chi connectivity index (χ0n) is 17.6. The number of benzene rings is 1. The molecule has 0 saturated heterocycles. The van der Waals surface area contributed by atoms with Crippen LogP contribution in [0.15, 0.2) is 34.6 Å². The van der Waals surface area contributed by atoms with E-state index in [1.165, 1.54) is 42.5 Å². The molecule has 3 aliphatic carbocycles. The van der Waals surface area contributed by atoms with E-state index in [4.69, 9.17) is 5.10 Å². The molecule has 5 nitrogen and oxygen atoms in total. The first-order valence-electron chi connectivity index (χ1n) is 10.9. The summed E-state index contributed by atoms with van der Waals surface area (Å²) in [5.74, 6) is 2.46. The van der Waals surface area contributed by atoms with Crippen LogP contribution in [-0.2, 0) is 13.5 Å². The Morgan fingerprint density at radius 2 is 2.10 bits per heavy atom. The van der Waals surface area contributed by atoms with Crippen LogP contribution in [0.2, 0.25) is 0 Å². The molecule has 1 aromatic carbocycles. The first kappa shape index (κ1) is 18.6. The van der Waals surface area contributed by atoms with Gasteiger partial charge in [-0.3, -0.25) is 4.68 Å². The number of phenols is 1. The van der Waals surface area contributed by atoms with Crippen LogP contribution in [0.5, 0.6) is 5.75 Å². The molecule has 2 aromatic rings. The topological polar surface area (TPSA) is 62.8 Å². The Hall–Kier alpha value is -2.43. The molecule has 5 rings (SSSR count). The third-order valence-corrected chi connectivity index (χ3v) is 7.88. The Kier molecular flexibility index (Phi) is 4.37. The van der Waals surface area contributed by atoms with Crippen LogP contribution in [0.1, 0.15) is 67.3 Å². The van der Waals surface area contributed by atoms with E-state index < -0.39 is 0 Å². The van der Waals surface area contributed by atoms with E-state index in [0.717, 1.165) is 30.0 Å². The molecule has 3 aliphatic rings. The summed E-state index contributed by atoms with van der Waals surface area (Å²) in [6, 6.07) is 6.02. The standard InChI is InChI=1S/C24H30N4O/c1-15-17(14-28(3)27-15)13-25-26-23-9-8-22-21-6-4-16-12-18(29)5-7-19(16)20(21)10-11-24(22,23)2/h5,7,12-14,20-22,29H,4,6,8-11H2,1-3H3/t20-,21+,22+,24+/m0/s1. The van der Waals surface area contributed by atoms with Gasteiger partial charge >= 0.3 is 0 Å². The van der Waals surface area contributed by atoms with Gasteiger partial charge in [0.05, 0.1) is 11.9 Å². The first-order chi connectivity index (χ1) is 14.0. The average molecular weight is 391 g/mol. The van der Waals surface area contributed by atoms with Crippen LogP contribution in [0, 0.1) is 24.2 Å². The molecule has 29 heavy (non-hydrogen) atoms. The van der Waals surface area contributed by atoms with E-state index in [9.17, 15) is 5.11 Å². The van der Waals surface area contributed by atoms with Gasteiger partial charge in [0.15, 0.2) is 0 Å². The molecule has 0 unspecified atom stereocenters. The molecule has 1 aromatic heterocycles. The number of hydrogen-bond acceptors (Lipinski definition) is 4. The molecule has 0 radical (unpaired) electrons. The lowest BCUT2D eigenvalue weighted by Gasteiger charge is -2.49.